The molecule has 0 aliphatic carbocycles. The van der Waals surface area contributed by atoms with Crippen LogP contribution in [0.5, 0.6) is 0 Å². The number of nitrogens with zero attached hydrogens (tertiary/aromatic N) is 2. The zero-order valence-electron chi connectivity index (χ0n) is 17.5. The number of alkyl halides is 5. The van der Waals surface area contributed by atoms with E-state index in [4.69, 9.17) is 16.7 Å². The van der Waals surface area contributed by atoms with Gasteiger partial charge in [-0.15, -0.1) is 0 Å². The first-order valence-electron chi connectivity index (χ1n) is 10.3. The van der Waals surface area contributed by atoms with Crippen LogP contribution < -0.4 is 15.4 Å². The molecule has 7 nitrogen and oxygen atoms in total. The number of carbonyl (C=O) groups is 1. The number of benzene rings is 1. The molecule has 0 aromatic heterocycles. The maximum absolute atomic E-state index is 13.8. The van der Waals surface area contributed by atoms with Gasteiger partial charge in [0.15, 0.2) is 0 Å². The molecule has 2 aliphatic heterocycles. The van der Waals surface area contributed by atoms with Gasteiger partial charge in [-0.1, -0.05) is 11.6 Å². The Bertz CT molecular complexity index is 1010. The Labute approximate surface area is 193 Å². The van der Waals surface area contributed by atoms with E-state index in [0.717, 1.165) is 10.4 Å². The minimum absolute atomic E-state index is 0.0317. The predicted molar refractivity (Wildman–Crippen MR) is 113 cm³/mol. The summed E-state index contributed by atoms with van der Waals surface area (Å²) in [5.41, 5.74) is -1.53. The van der Waals surface area contributed by atoms with Gasteiger partial charge in [-0.25, -0.2) is 13.9 Å². The summed E-state index contributed by atoms with van der Waals surface area (Å²) in [6.07, 6.45) is -4.90. The molecule has 1 aromatic carbocycles. The number of hydrogen-bond acceptors (Lipinski definition) is 4. The van der Waals surface area contributed by atoms with Crippen molar-refractivity contribution in [3.05, 3.63) is 28.3 Å². The molecule has 3 rings (SSSR count). The van der Waals surface area contributed by atoms with E-state index in [1.54, 1.807) is 0 Å². The maximum Gasteiger partial charge on any atom is 0.417 e. The largest absolute Gasteiger partial charge is 0.417 e. The lowest BCUT2D eigenvalue weighted by Crippen LogP contribution is -2.51. The number of piperidine rings is 1. The minimum Gasteiger partial charge on any atom is -0.371 e. The first-order chi connectivity index (χ1) is 15.2. The summed E-state index contributed by atoms with van der Waals surface area (Å²) in [5, 5.41) is 7.06. The highest BCUT2D eigenvalue weighted by atomic mass is 35.5. The summed E-state index contributed by atoms with van der Waals surface area (Å²) in [4.78, 5) is 14.4. The van der Waals surface area contributed by atoms with Crippen molar-refractivity contribution in [1.82, 2.24) is 9.62 Å². The fourth-order valence-corrected chi connectivity index (χ4v) is 5.12. The highest BCUT2D eigenvalue weighted by Gasteiger charge is 2.37. The van der Waals surface area contributed by atoms with Gasteiger partial charge >= 0.3 is 6.18 Å². The monoisotopic (exact) mass is 518 g/mol. The average Bonchev–Trinajstić information content (AvgIpc) is 2.87. The van der Waals surface area contributed by atoms with Crippen LogP contribution in [0.4, 0.5) is 27.6 Å². The van der Waals surface area contributed by atoms with Gasteiger partial charge in [-0.3, -0.25) is 4.79 Å². The van der Waals surface area contributed by atoms with Crippen LogP contribution in [0.25, 0.3) is 0 Å². The molecule has 33 heavy (non-hydrogen) atoms. The molecule has 1 amide bonds. The molecule has 14 heteroatoms. The Kier molecular flexibility index (Phi) is 7.47. The third kappa shape index (κ3) is 6.46. The van der Waals surface area contributed by atoms with Crippen molar-refractivity contribution in [2.45, 2.75) is 50.2 Å². The summed E-state index contributed by atoms with van der Waals surface area (Å²) < 4.78 is 92.2. The van der Waals surface area contributed by atoms with Crippen molar-refractivity contribution < 1.29 is 35.2 Å². The Morgan fingerprint density at radius 1 is 1.15 bits per heavy atom. The molecule has 186 valence electrons. The molecule has 0 spiro atoms. The summed E-state index contributed by atoms with van der Waals surface area (Å²) in [7, 11) is -3.97. The maximum atomic E-state index is 13.8. The molecule has 0 bridgehead atoms. The highest BCUT2D eigenvalue weighted by molar-refractivity contribution is 7.86. The summed E-state index contributed by atoms with van der Waals surface area (Å²) in [6, 6.07) is 0.947. The zero-order chi connectivity index (χ0) is 24.6. The Morgan fingerprint density at radius 2 is 1.85 bits per heavy atom. The predicted octanol–water partition coefficient (Wildman–Crippen LogP) is 3.38. The van der Waals surface area contributed by atoms with E-state index in [2.05, 4.69) is 5.32 Å². The van der Waals surface area contributed by atoms with Crippen LogP contribution in [-0.4, -0.2) is 56.8 Å². The fraction of sp³-hybridized carbons (Fsp3) is 0.632. The van der Waals surface area contributed by atoms with Gasteiger partial charge in [0.25, 0.3) is 16.1 Å². The topological polar surface area (TPSA) is 95.7 Å². The Morgan fingerprint density at radius 3 is 2.48 bits per heavy atom. The van der Waals surface area contributed by atoms with Crippen molar-refractivity contribution in [2.75, 3.05) is 31.1 Å². The Hall–Kier alpha value is -1.70. The molecule has 2 aliphatic rings. The first kappa shape index (κ1) is 25.9. The van der Waals surface area contributed by atoms with E-state index >= 15 is 0 Å². The number of carbonyl (C=O) groups excluding carboxylic acids is 1. The third-order valence-corrected chi connectivity index (χ3v) is 7.14. The second-order valence-electron chi connectivity index (χ2n) is 8.26. The summed E-state index contributed by atoms with van der Waals surface area (Å²) >= 11 is 5.83. The average molecular weight is 519 g/mol. The molecular formula is C19H24ClF5N4O3S. The van der Waals surface area contributed by atoms with Crippen LogP contribution in [0.3, 0.4) is 0 Å². The van der Waals surface area contributed by atoms with Crippen LogP contribution in [-0.2, 0) is 16.4 Å². The number of nitrogens with one attached hydrogen (secondary N) is 1. The fourth-order valence-electron chi connectivity index (χ4n) is 4.08. The van der Waals surface area contributed by atoms with E-state index in [9.17, 15) is 35.2 Å². The number of amides is 1. The van der Waals surface area contributed by atoms with E-state index in [1.807, 2.05) is 0 Å². The van der Waals surface area contributed by atoms with Crippen molar-refractivity contribution in [3.63, 3.8) is 0 Å². The number of hydrogen-bond donors (Lipinski definition) is 2. The molecule has 2 heterocycles. The smallest absolute Gasteiger partial charge is 0.371 e. The van der Waals surface area contributed by atoms with E-state index in [1.165, 1.54) is 4.90 Å². The molecule has 0 saturated carbocycles. The lowest BCUT2D eigenvalue weighted by molar-refractivity contribution is -0.137. The number of rotatable bonds is 4. The molecule has 2 fully saturated rings. The third-order valence-electron chi connectivity index (χ3n) is 5.77. The lowest BCUT2D eigenvalue weighted by atomic mass is 10.0. The summed E-state index contributed by atoms with van der Waals surface area (Å²) in [5.74, 6) is -3.73. The molecule has 1 atom stereocenters. The molecule has 2 saturated heterocycles. The number of nitrogens with two attached hydrogens (primary N) is 1. The van der Waals surface area contributed by atoms with Crippen LogP contribution in [0.2, 0.25) is 5.02 Å². The number of anilines is 1. The SMILES string of the molecule is NS(=O)(=O)N1CCCC(NC(=O)c2cc(Cl)c(C(F)(F)F)cc2N2CCCC(F)(F)CC2)C1. The van der Waals surface area contributed by atoms with E-state index in [0.29, 0.717) is 18.9 Å². The molecule has 3 N–H and O–H groups in total. The molecule has 0 radical (unpaired) electrons. The van der Waals surface area contributed by atoms with Crippen LogP contribution in [0.1, 0.15) is 48.0 Å². The van der Waals surface area contributed by atoms with Crippen LogP contribution in [0, 0.1) is 0 Å². The quantitative estimate of drug-likeness (QED) is 0.597. The van der Waals surface area contributed by atoms with Crippen molar-refractivity contribution in [2.24, 2.45) is 5.14 Å². The number of halogens is 6. The summed E-state index contributed by atoms with van der Waals surface area (Å²) in [6.45, 7) is -0.110. The van der Waals surface area contributed by atoms with Gasteiger partial charge < -0.3 is 10.2 Å². The molecular weight excluding hydrogens is 495 g/mol. The van der Waals surface area contributed by atoms with Crippen molar-refractivity contribution in [3.8, 4) is 0 Å². The van der Waals surface area contributed by atoms with Crippen LogP contribution in [0.15, 0.2) is 12.1 Å². The van der Waals surface area contributed by atoms with Crippen LogP contribution >= 0.6 is 11.6 Å². The van der Waals surface area contributed by atoms with Gasteiger partial charge in [0, 0.05) is 45.1 Å². The van der Waals surface area contributed by atoms with Gasteiger partial charge in [0.05, 0.1) is 21.8 Å². The van der Waals surface area contributed by atoms with Gasteiger partial charge in [-0.05, 0) is 31.4 Å². The van der Waals surface area contributed by atoms with Gasteiger partial charge in [-0.2, -0.15) is 25.9 Å². The molecule has 1 aromatic rings. The second-order valence-corrected chi connectivity index (χ2v) is 10.2. The van der Waals surface area contributed by atoms with Crippen molar-refractivity contribution >= 4 is 33.4 Å². The standard InChI is InChI=1S/C19H24ClF5N4O3S/c20-15-9-13(17(30)27-12-3-1-7-29(11-12)33(26,31)32)16(10-14(15)19(23,24)25)28-6-2-4-18(21,22)5-8-28/h9-10,12H,1-8,11H2,(H,27,30)(H2,26,31,32). The van der Waals surface area contributed by atoms with E-state index < -0.39 is 57.7 Å². The second kappa shape index (κ2) is 9.51. The lowest BCUT2D eigenvalue weighted by Gasteiger charge is -2.32. The highest BCUT2D eigenvalue weighted by Crippen LogP contribution is 2.40. The first-order valence-corrected chi connectivity index (χ1v) is 12.2. The van der Waals surface area contributed by atoms with Gasteiger partial charge in [0.1, 0.15) is 0 Å². The molecule has 1 unspecified atom stereocenters. The zero-order valence-corrected chi connectivity index (χ0v) is 19.0. The normalized spacial score (nSPS) is 22.6. The minimum atomic E-state index is -4.81. The van der Waals surface area contributed by atoms with Gasteiger partial charge in [0.2, 0.25) is 5.92 Å². The Balaban J connectivity index is 1.93. The van der Waals surface area contributed by atoms with E-state index in [-0.39, 0.29) is 43.9 Å². The van der Waals surface area contributed by atoms with Crippen molar-refractivity contribution in [1.29, 1.82) is 0 Å².